The zero-order chi connectivity index (χ0) is 16.1. The van der Waals surface area contributed by atoms with Crippen molar-refractivity contribution in [2.75, 3.05) is 18.0 Å². The average Bonchev–Trinajstić information content (AvgIpc) is 3.24. The van der Waals surface area contributed by atoms with Crippen LogP contribution in [0.15, 0.2) is 11.6 Å². The standard InChI is InChI=1S/C18H29N3OS/c1-2-3-4-14-5-7-15(8-6-14)17(22)20-16-9-11-21(13-16)18-19-10-12-23-18/h10,12,14-16H,2-9,11,13H2,1H3,(H,20,22). The minimum Gasteiger partial charge on any atom is -0.351 e. The Morgan fingerprint density at radius 2 is 2.17 bits per heavy atom. The van der Waals surface area contributed by atoms with Gasteiger partial charge in [0.1, 0.15) is 0 Å². The van der Waals surface area contributed by atoms with E-state index in [1.54, 1.807) is 11.3 Å². The Labute approximate surface area is 143 Å². The van der Waals surface area contributed by atoms with Crippen molar-refractivity contribution in [2.24, 2.45) is 11.8 Å². The smallest absolute Gasteiger partial charge is 0.223 e. The predicted molar refractivity (Wildman–Crippen MR) is 95.8 cm³/mol. The van der Waals surface area contributed by atoms with E-state index in [0.29, 0.717) is 11.9 Å². The van der Waals surface area contributed by atoms with Crippen molar-refractivity contribution in [3.63, 3.8) is 0 Å². The number of amides is 1. The van der Waals surface area contributed by atoms with Gasteiger partial charge in [0, 0.05) is 36.6 Å². The van der Waals surface area contributed by atoms with E-state index in [0.717, 1.165) is 43.4 Å². The van der Waals surface area contributed by atoms with Crippen LogP contribution in [-0.2, 0) is 4.79 Å². The summed E-state index contributed by atoms with van der Waals surface area (Å²) in [6.07, 6.45) is 11.5. The molecule has 2 aliphatic rings. The summed E-state index contributed by atoms with van der Waals surface area (Å²) in [7, 11) is 0. The fourth-order valence-electron chi connectivity index (χ4n) is 3.95. The van der Waals surface area contributed by atoms with Crippen molar-refractivity contribution in [3.05, 3.63) is 11.6 Å². The molecule has 3 rings (SSSR count). The average molecular weight is 336 g/mol. The van der Waals surface area contributed by atoms with E-state index in [4.69, 9.17) is 0 Å². The highest BCUT2D eigenvalue weighted by Gasteiger charge is 2.30. The zero-order valence-corrected chi connectivity index (χ0v) is 15.0. The van der Waals surface area contributed by atoms with Gasteiger partial charge in [-0.05, 0) is 38.0 Å². The zero-order valence-electron chi connectivity index (χ0n) is 14.2. The number of hydrogen-bond donors (Lipinski definition) is 1. The van der Waals surface area contributed by atoms with Crippen LogP contribution in [0.3, 0.4) is 0 Å². The van der Waals surface area contributed by atoms with E-state index in [1.807, 2.05) is 11.6 Å². The van der Waals surface area contributed by atoms with Gasteiger partial charge in [-0.3, -0.25) is 4.79 Å². The summed E-state index contributed by atoms with van der Waals surface area (Å²) in [5.41, 5.74) is 0. The molecule has 1 aromatic heterocycles. The number of nitrogens with one attached hydrogen (secondary N) is 1. The number of hydrogen-bond acceptors (Lipinski definition) is 4. The first-order valence-corrected chi connectivity index (χ1v) is 10.1. The first kappa shape index (κ1) is 16.7. The minimum absolute atomic E-state index is 0.252. The van der Waals surface area contributed by atoms with Crippen molar-refractivity contribution in [3.8, 4) is 0 Å². The maximum atomic E-state index is 12.5. The minimum atomic E-state index is 0.252. The molecule has 2 heterocycles. The summed E-state index contributed by atoms with van der Waals surface area (Å²) in [5.74, 6) is 1.41. The van der Waals surface area contributed by atoms with Gasteiger partial charge in [0.2, 0.25) is 5.91 Å². The first-order valence-electron chi connectivity index (χ1n) is 9.21. The van der Waals surface area contributed by atoms with Gasteiger partial charge in [-0.15, -0.1) is 11.3 Å². The first-order chi connectivity index (χ1) is 11.3. The van der Waals surface area contributed by atoms with Gasteiger partial charge in [-0.2, -0.15) is 0 Å². The Balaban J connectivity index is 1.40. The maximum Gasteiger partial charge on any atom is 0.223 e. The van der Waals surface area contributed by atoms with E-state index in [-0.39, 0.29) is 5.92 Å². The van der Waals surface area contributed by atoms with Gasteiger partial charge in [-0.25, -0.2) is 4.98 Å². The number of thiazole rings is 1. The van der Waals surface area contributed by atoms with Crippen LogP contribution in [0.5, 0.6) is 0 Å². The van der Waals surface area contributed by atoms with Crippen LogP contribution < -0.4 is 10.2 Å². The lowest BCUT2D eigenvalue weighted by atomic mass is 9.79. The Morgan fingerprint density at radius 1 is 1.35 bits per heavy atom. The molecule has 1 saturated heterocycles. The maximum absolute atomic E-state index is 12.5. The molecule has 1 unspecified atom stereocenters. The molecule has 0 aromatic carbocycles. The summed E-state index contributed by atoms with van der Waals surface area (Å²) < 4.78 is 0. The number of nitrogens with zero attached hydrogens (tertiary/aromatic N) is 2. The predicted octanol–water partition coefficient (Wildman–Crippen LogP) is 3.83. The molecule has 1 atom stereocenters. The van der Waals surface area contributed by atoms with Crippen LogP contribution >= 0.6 is 11.3 Å². The van der Waals surface area contributed by atoms with Crippen LogP contribution in [0, 0.1) is 11.8 Å². The Hall–Kier alpha value is -1.10. The third kappa shape index (κ3) is 4.46. The van der Waals surface area contributed by atoms with Crippen molar-refractivity contribution in [1.82, 2.24) is 10.3 Å². The van der Waals surface area contributed by atoms with E-state index in [2.05, 4.69) is 22.1 Å². The fourth-order valence-corrected chi connectivity index (χ4v) is 4.63. The van der Waals surface area contributed by atoms with Crippen LogP contribution in [0.4, 0.5) is 5.13 Å². The molecule has 1 N–H and O–H groups in total. The van der Waals surface area contributed by atoms with Crippen molar-refractivity contribution in [1.29, 1.82) is 0 Å². The normalized spacial score (nSPS) is 28.0. The number of unbranched alkanes of at least 4 members (excludes halogenated alkanes) is 1. The molecule has 0 spiro atoms. The van der Waals surface area contributed by atoms with Crippen LogP contribution in [0.2, 0.25) is 0 Å². The second-order valence-corrected chi connectivity index (χ2v) is 7.99. The summed E-state index contributed by atoms with van der Waals surface area (Å²) >= 11 is 1.68. The van der Waals surface area contributed by atoms with Gasteiger partial charge in [0.05, 0.1) is 0 Å². The molecule has 0 bridgehead atoms. The third-order valence-corrected chi connectivity index (χ3v) is 6.24. The second-order valence-electron chi connectivity index (χ2n) is 7.11. The van der Waals surface area contributed by atoms with Crippen LogP contribution in [0.25, 0.3) is 0 Å². The SMILES string of the molecule is CCCCC1CCC(C(=O)NC2CCN(c3nccs3)C2)CC1. The molecule has 1 aliphatic heterocycles. The van der Waals surface area contributed by atoms with Crippen molar-refractivity contribution >= 4 is 22.4 Å². The highest BCUT2D eigenvalue weighted by atomic mass is 32.1. The molecular weight excluding hydrogens is 306 g/mol. The molecule has 2 fully saturated rings. The molecule has 1 saturated carbocycles. The number of carbonyl (C=O) groups excluding carboxylic acids is 1. The van der Waals surface area contributed by atoms with Gasteiger partial charge in [0.25, 0.3) is 0 Å². The molecule has 0 radical (unpaired) electrons. The number of aromatic nitrogens is 1. The Kier molecular flexibility index (Phi) is 5.92. The summed E-state index contributed by atoms with van der Waals surface area (Å²) in [5, 5.41) is 6.39. The molecule has 23 heavy (non-hydrogen) atoms. The molecule has 1 aliphatic carbocycles. The van der Waals surface area contributed by atoms with Gasteiger partial charge >= 0.3 is 0 Å². The number of carbonyl (C=O) groups is 1. The topological polar surface area (TPSA) is 45.2 Å². The molecule has 5 heteroatoms. The summed E-state index contributed by atoms with van der Waals surface area (Å²) in [6.45, 7) is 4.17. The van der Waals surface area contributed by atoms with E-state index in [1.165, 1.54) is 32.1 Å². The lowest BCUT2D eigenvalue weighted by Gasteiger charge is -2.28. The lowest BCUT2D eigenvalue weighted by Crippen LogP contribution is -2.41. The lowest BCUT2D eigenvalue weighted by molar-refractivity contribution is -0.126. The van der Waals surface area contributed by atoms with Gasteiger partial charge in [-0.1, -0.05) is 26.2 Å². The number of anilines is 1. The van der Waals surface area contributed by atoms with E-state index < -0.39 is 0 Å². The van der Waals surface area contributed by atoms with E-state index >= 15 is 0 Å². The molecule has 1 amide bonds. The highest BCUT2D eigenvalue weighted by Crippen LogP contribution is 2.32. The monoisotopic (exact) mass is 335 g/mol. The van der Waals surface area contributed by atoms with E-state index in [9.17, 15) is 4.79 Å². The Morgan fingerprint density at radius 3 is 2.87 bits per heavy atom. The van der Waals surface area contributed by atoms with Crippen molar-refractivity contribution < 1.29 is 4.79 Å². The molecule has 128 valence electrons. The van der Waals surface area contributed by atoms with Gasteiger partial charge < -0.3 is 10.2 Å². The van der Waals surface area contributed by atoms with Crippen LogP contribution in [-0.4, -0.2) is 30.0 Å². The number of rotatable bonds is 6. The summed E-state index contributed by atoms with van der Waals surface area (Å²) in [6, 6.07) is 0.296. The molecular formula is C18H29N3OS. The quantitative estimate of drug-likeness (QED) is 0.859. The molecule has 4 nitrogen and oxygen atoms in total. The second kappa shape index (κ2) is 8.13. The van der Waals surface area contributed by atoms with Crippen molar-refractivity contribution in [2.45, 2.75) is 64.3 Å². The Bertz CT molecular complexity index is 482. The summed E-state index contributed by atoms with van der Waals surface area (Å²) in [4.78, 5) is 19.2. The van der Waals surface area contributed by atoms with Gasteiger partial charge in [0.15, 0.2) is 5.13 Å². The fraction of sp³-hybridized carbons (Fsp3) is 0.778. The molecule has 1 aromatic rings. The third-order valence-electron chi connectivity index (χ3n) is 5.41. The highest BCUT2D eigenvalue weighted by molar-refractivity contribution is 7.13. The van der Waals surface area contributed by atoms with Crippen LogP contribution in [0.1, 0.15) is 58.3 Å². The largest absolute Gasteiger partial charge is 0.351 e.